The zero-order valence-corrected chi connectivity index (χ0v) is 14.2. The fourth-order valence-corrected chi connectivity index (χ4v) is 4.06. The van der Waals surface area contributed by atoms with Gasteiger partial charge in [0.2, 0.25) is 0 Å². The van der Waals surface area contributed by atoms with Crippen molar-refractivity contribution in [2.45, 2.75) is 38.5 Å². The summed E-state index contributed by atoms with van der Waals surface area (Å²) in [4.78, 5) is 14.7. The number of fused-ring (bicyclic) bond motifs is 1. The molecule has 0 atom stereocenters. The number of amides is 1. The fraction of sp³-hybridized carbons (Fsp3) is 0.389. The molecule has 23 heavy (non-hydrogen) atoms. The number of ether oxygens (including phenoxy) is 1. The number of nitrogen functional groups attached to an aromatic ring is 1. The summed E-state index contributed by atoms with van der Waals surface area (Å²) < 4.78 is 5.19. The van der Waals surface area contributed by atoms with Gasteiger partial charge in [0, 0.05) is 10.9 Å². The van der Waals surface area contributed by atoms with Crippen molar-refractivity contribution in [2.75, 3.05) is 18.2 Å². The van der Waals surface area contributed by atoms with Gasteiger partial charge < -0.3 is 15.8 Å². The number of hydrogen-bond donors (Lipinski definition) is 2. The summed E-state index contributed by atoms with van der Waals surface area (Å²) in [6.45, 7) is 0. The van der Waals surface area contributed by atoms with Crippen molar-refractivity contribution in [3.05, 3.63) is 39.6 Å². The Hall–Kier alpha value is -2.01. The Kier molecular flexibility index (Phi) is 4.86. The van der Waals surface area contributed by atoms with Gasteiger partial charge in [-0.05, 0) is 49.4 Å². The van der Waals surface area contributed by atoms with Crippen molar-refractivity contribution in [3.8, 4) is 5.75 Å². The lowest BCUT2D eigenvalue weighted by molar-refractivity contribution is 0.103. The molecule has 1 aromatic carbocycles. The number of aryl methyl sites for hydroxylation is 2. The number of methoxy groups -OCH3 is 1. The van der Waals surface area contributed by atoms with Gasteiger partial charge in [-0.2, -0.15) is 0 Å². The maximum atomic E-state index is 12.6. The molecular formula is C18H22N2O2S. The first kappa shape index (κ1) is 15.9. The summed E-state index contributed by atoms with van der Waals surface area (Å²) in [5.74, 6) is 0.578. The van der Waals surface area contributed by atoms with Gasteiger partial charge in [-0.3, -0.25) is 4.79 Å². The predicted octanol–water partition coefficient (Wildman–Crippen LogP) is 4.25. The highest BCUT2D eigenvalue weighted by Gasteiger charge is 2.17. The van der Waals surface area contributed by atoms with E-state index in [-0.39, 0.29) is 5.91 Å². The molecule has 0 spiro atoms. The minimum atomic E-state index is -0.0956. The van der Waals surface area contributed by atoms with Crippen molar-refractivity contribution in [1.29, 1.82) is 0 Å². The van der Waals surface area contributed by atoms with Gasteiger partial charge in [-0.15, -0.1) is 11.3 Å². The van der Waals surface area contributed by atoms with Crippen LogP contribution in [0.15, 0.2) is 24.3 Å². The zero-order valence-electron chi connectivity index (χ0n) is 13.4. The molecule has 2 aromatic rings. The van der Waals surface area contributed by atoms with Crippen molar-refractivity contribution in [3.63, 3.8) is 0 Å². The molecule has 1 aliphatic carbocycles. The lowest BCUT2D eigenvalue weighted by atomic mass is 10.00. The standard InChI is InChI=1S/C18H22N2O2S/c1-22-13-8-9-14(19)15(11-13)20-18(21)17-10-12-6-4-2-3-5-7-16(12)23-17/h8-11H,2-7,19H2,1H3,(H,20,21). The SMILES string of the molecule is COc1ccc(N)c(NC(=O)c2cc3c(s2)CCCCCC3)c1. The molecule has 0 saturated heterocycles. The number of hydrogen-bond acceptors (Lipinski definition) is 4. The zero-order chi connectivity index (χ0) is 16.2. The smallest absolute Gasteiger partial charge is 0.265 e. The Morgan fingerprint density at radius 3 is 2.74 bits per heavy atom. The molecule has 0 radical (unpaired) electrons. The quantitative estimate of drug-likeness (QED) is 0.827. The van der Waals surface area contributed by atoms with E-state index in [2.05, 4.69) is 11.4 Å². The van der Waals surface area contributed by atoms with Gasteiger partial charge in [-0.25, -0.2) is 0 Å². The number of benzene rings is 1. The van der Waals surface area contributed by atoms with Crippen molar-refractivity contribution in [2.24, 2.45) is 0 Å². The van der Waals surface area contributed by atoms with Crippen LogP contribution in [0.25, 0.3) is 0 Å². The molecule has 1 heterocycles. The minimum absolute atomic E-state index is 0.0956. The third-order valence-corrected chi connectivity index (χ3v) is 5.46. The highest BCUT2D eigenvalue weighted by molar-refractivity contribution is 7.14. The van der Waals surface area contributed by atoms with E-state index in [1.54, 1.807) is 36.6 Å². The van der Waals surface area contributed by atoms with Gasteiger partial charge in [-0.1, -0.05) is 12.8 Å². The summed E-state index contributed by atoms with van der Waals surface area (Å²) in [5.41, 5.74) is 8.42. The number of carbonyl (C=O) groups excluding carboxylic acids is 1. The molecular weight excluding hydrogens is 308 g/mol. The molecule has 122 valence electrons. The maximum absolute atomic E-state index is 12.6. The van der Waals surface area contributed by atoms with Crippen molar-refractivity contribution >= 4 is 28.6 Å². The molecule has 0 fully saturated rings. The molecule has 0 aliphatic heterocycles. The van der Waals surface area contributed by atoms with E-state index in [4.69, 9.17) is 10.5 Å². The van der Waals surface area contributed by atoms with Crippen LogP contribution in [0.1, 0.15) is 45.8 Å². The summed E-state index contributed by atoms with van der Waals surface area (Å²) >= 11 is 1.62. The monoisotopic (exact) mass is 330 g/mol. The number of nitrogens with one attached hydrogen (secondary N) is 1. The molecule has 3 N–H and O–H groups in total. The maximum Gasteiger partial charge on any atom is 0.265 e. The number of nitrogens with two attached hydrogens (primary N) is 1. The Labute approximate surface area is 140 Å². The van der Waals surface area contributed by atoms with E-state index < -0.39 is 0 Å². The van der Waals surface area contributed by atoms with Crippen molar-refractivity contribution < 1.29 is 9.53 Å². The van der Waals surface area contributed by atoms with Gasteiger partial charge >= 0.3 is 0 Å². The summed E-state index contributed by atoms with van der Waals surface area (Å²) in [6, 6.07) is 7.32. The Balaban J connectivity index is 1.79. The first-order chi connectivity index (χ1) is 11.2. The largest absolute Gasteiger partial charge is 0.497 e. The van der Waals surface area contributed by atoms with Crippen LogP contribution in [0.5, 0.6) is 5.75 Å². The first-order valence-corrected chi connectivity index (χ1v) is 8.85. The summed E-state index contributed by atoms with van der Waals surface area (Å²) in [7, 11) is 1.59. The average molecular weight is 330 g/mol. The van der Waals surface area contributed by atoms with Crippen molar-refractivity contribution in [1.82, 2.24) is 0 Å². The van der Waals surface area contributed by atoms with E-state index in [0.29, 0.717) is 17.1 Å². The Morgan fingerprint density at radius 2 is 1.96 bits per heavy atom. The number of rotatable bonds is 3. The number of anilines is 2. The predicted molar refractivity (Wildman–Crippen MR) is 95.6 cm³/mol. The molecule has 1 aromatic heterocycles. The first-order valence-electron chi connectivity index (χ1n) is 8.04. The van der Waals surface area contributed by atoms with E-state index >= 15 is 0 Å². The number of carbonyl (C=O) groups is 1. The minimum Gasteiger partial charge on any atom is -0.497 e. The van der Waals surface area contributed by atoms with E-state index in [1.165, 1.54) is 36.1 Å². The van der Waals surface area contributed by atoms with Crippen LogP contribution in [0.2, 0.25) is 0 Å². The number of thiophene rings is 1. The van der Waals surface area contributed by atoms with Gasteiger partial charge in [0.1, 0.15) is 5.75 Å². The second-order valence-corrected chi connectivity index (χ2v) is 7.02. The topological polar surface area (TPSA) is 64.3 Å². The average Bonchev–Trinajstić information content (AvgIpc) is 2.92. The van der Waals surface area contributed by atoms with Crippen LogP contribution in [0, 0.1) is 0 Å². The van der Waals surface area contributed by atoms with Gasteiger partial charge in [0.15, 0.2) is 0 Å². The third-order valence-electron chi connectivity index (χ3n) is 4.23. The molecule has 5 heteroatoms. The highest BCUT2D eigenvalue weighted by atomic mass is 32.1. The second-order valence-electron chi connectivity index (χ2n) is 5.88. The molecule has 1 aliphatic rings. The van der Waals surface area contributed by atoms with E-state index in [9.17, 15) is 4.79 Å². The molecule has 0 saturated carbocycles. The lowest BCUT2D eigenvalue weighted by Gasteiger charge is -2.09. The van der Waals surface area contributed by atoms with Crippen LogP contribution < -0.4 is 15.8 Å². The molecule has 0 unspecified atom stereocenters. The van der Waals surface area contributed by atoms with Crippen LogP contribution in [-0.4, -0.2) is 13.0 Å². The lowest BCUT2D eigenvalue weighted by Crippen LogP contribution is -2.11. The second kappa shape index (κ2) is 7.04. The van der Waals surface area contributed by atoms with Gasteiger partial charge in [0.05, 0.1) is 23.4 Å². The van der Waals surface area contributed by atoms with Crippen LogP contribution in [0.4, 0.5) is 11.4 Å². The van der Waals surface area contributed by atoms with Gasteiger partial charge in [0.25, 0.3) is 5.91 Å². The fourth-order valence-electron chi connectivity index (χ4n) is 2.91. The summed E-state index contributed by atoms with van der Waals surface area (Å²) in [6.07, 6.45) is 7.19. The molecule has 4 nitrogen and oxygen atoms in total. The summed E-state index contributed by atoms with van der Waals surface area (Å²) in [5, 5.41) is 2.91. The van der Waals surface area contributed by atoms with Crippen LogP contribution in [-0.2, 0) is 12.8 Å². The normalized spacial score (nSPS) is 14.5. The van der Waals surface area contributed by atoms with E-state index in [0.717, 1.165) is 17.7 Å². The van der Waals surface area contributed by atoms with E-state index in [1.807, 2.05) is 0 Å². The highest BCUT2D eigenvalue weighted by Crippen LogP contribution is 2.30. The third kappa shape index (κ3) is 3.67. The van der Waals surface area contributed by atoms with Crippen LogP contribution in [0.3, 0.4) is 0 Å². The molecule has 3 rings (SSSR count). The molecule has 0 bridgehead atoms. The Bertz CT molecular complexity index is 684. The van der Waals surface area contributed by atoms with Crippen LogP contribution >= 0.6 is 11.3 Å². The molecule has 1 amide bonds. The Morgan fingerprint density at radius 1 is 1.17 bits per heavy atom.